The molecule has 1 fully saturated rings. The number of benzene rings is 3. The highest BCUT2D eigenvalue weighted by Crippen LogP contribution is 2.44. The summed E-state index contributed by atoms with van der Waals surface area (Å²) in [7, 11) is 0. The summed E-state index contributed by atoms with van der Waals surface area (Å²) in [6, 6.07) is 21.0. The topological polar surface area (TPSA) is 148 Å². The molecule has 49 heavy (non-hydrogen) atoms. The molecule has 2 aliphatic rings. The Labute approximate surface area is 285 Å². The summed E-state index contributed by atoms with van der Waals surface area (Å²) in [5.41, 5.74) is 5.56. The molecule has 0 radical (unpaired) electrons. The van der Waals surface area contributed by atoms with Crippen LogP contribution in [0.25, 0.3) is 11.1 Å². The summed E-state index contributed by atoms with van der Waals surface area (Å²) >= 11 is 0. The lowest BCUT2D eigenvalue weighted by Gasteiger charge is -2.32. The lowest BCUT2D eigenvalue weighted by Crippen LogP contribution is -2.43. The zero-order valence-corrected chi connectivity index (χ0v) is 28.2. The van der Waals surface area contributed by atoms with Crippen LogP contribution in [0, 0.1) is 17.3 Å². The molecule has 2 N–H and O–H groups in total. The van der Waals surface area contributed by atoms with Crippen molar-refractivity contribution in [2.24, 2.45) is 22.2 Å². The Bertz CT molecular complexity index is 1710. The Morgan fingerprint density at radius 2 is 1.43 bits per heavy atom. The number of esters is 1. The molecule has 3 aromatic carbocycles. The van der Waals surface area contributed by atoms with Crippen LogP contribution in [0.1, 0.15) is 76.0 Å². The molecule has 0 unspecified atom stereocenters. The number of ketones is 2. The first-order valence-corrected chi connectivity index (χ1v) is 16.5. The summed E-state index contributed by atoms with van der Waals surface area (Å²) in [6.07, 6.45) is -0.378. The second kappa shape index (κ2) is 15.0. The van der Waals surface area contributed by atoms with E-state index < -0.39 is 36.4 Å². The third-order valence-electron chi connectivity index (χ3n) is 8.81. The Kier molecular flexibility index (Phi) is 10.8. The van der Waals surface area contributed by atoms with E-state index in [1.54, 1.807) is 24.3 Å². The minimum atomic E-state index is -1.55. The Morgan fingerprint density at radius 1 is 0.857 bits per heavy atom. The molecule has 10 heteroatoms. The molecule has 0 aromatic heterocycles. The van der Waals surface area contributed by atoms with Crippen LogP contribution >= 0.6 is 0 Å². The third-order valence-corrected chi connectivity index (χ3v) is 8.81. The molecule has 5 rings (SSSR count). The number of aliphatic imine (C=N–C) groups is 1. The molecule has 0 bridgehead atoms. The maximum atomic E-state index is 13.0. The molecule has 256 valence electrons. The molecule has 0 heterocycles. The largest absolute Gasteiger partial charge is 0.480 e. The van der Waals surface area contributed by atoms with Gasteiger partial charge in [0.15, 0.2) is 0 Å². The molecule has 0 spiro atoms. The third kappa shape index (κ3) is 8.68. The number of ether oxygens (including phenoxy) is 2. The number of rotatable bonds is 12. The second-order valence-electron chi connectivity index (χ2n) is 14.0. The number of carboxylic acids is 1. The van der Waals surface area contributed by atoms with Crippen LogP contribution in [0.2, 0.25) is 0 Å². The first kappa shape index (κ1) is 35.2. The lowest BCUT2D eigenvalue weighted by molar-refractivity contribution is -0.150. The van der Waals surface area contributed by atoms with Gasteiger partial charge in [-0.3, -0.25) is 19.4 Å². The van der Waals surface area contributed by atoms with E-state index in [0.717, 1.165) is 22.3 Å². The number of fused-ring (bicyclic) bond motifs is 3. The van der Waals surface area contributed by atoms with Gasteiger partial charge in [0.2, 0.25) is 0 Å². The molecular weight excluding hydrogens is 624 g/mol. The monoisotopic (exact) mass is 666 g/mol. The van der Waals surface area contributed by atoms with Crippen LogP contribution in [-0.2, 0) is 35.3 Å². The quantitative estimate of drug-likeness (QED) is 0.122. The fourth-order valence-corrected chi connectivity index (χ4v) is 6.61. The highest BCUT2D eigenvalue weighted by atomic mass is 16.6. The minimum absolute atomic E-state index is 0.00109. The molecule has 10 nitrogen and oxygen atoms in total. The zero-order chi connectivity index (χ0) is 35.3. The Balaban J connectivity index is 1.14. The molecule has 3 aromatic rings. The predicted molar refractivity (Wildman–Crippen MR) is 184 cm³/mol. The molecule has 0 saturated heterocycles. The van der Waals surface area contributed by atoms with Gasteiger partial charge in [0.1, 0.15) is 36.7 Å². The Morgan fingerprint density at radius 3 is 1.98 bits per heavy atom. The van der Waals surface area contributed by atoms with Gasteiger partial charge in [0.25, 0.3) is 0 Å². The second-order valence-corrected chi connectivity index (χ2v) is 14.0. The summed E-state index contributed by atoms with van der Waals surface area (Å²) in [4.78, 5) is 67.7. The van der Waals surface area contributed by atoms with Gasteiger partial charge >= 0.3 is 18.0 Å². The summed E-state index contributed by atoms with van der Waals surface area (Å²) in [6.45, 7) is 7.74. The van der Waals surface area contributed by atoms with Crippen LogP contribution in [-0.4, -0.2) is 53.1 Å². The number of aliphatic carboxylic acids is 1. The maximum Gasteiger partial charge on any atom is 0.407 e. The van der Waals surface area contributed by atoms with Gasteiger partial charge in [0, 0.05) is 24.5 Å². The van der Waals surface area contributed by atoms with E-state index in [9.17, 15) is 29.1 Å². The molecule has 2 aliphatic carbocycles. The van der Waals surface area contributed by atoms with Crippen molar-refractivity contribution in [1.29, 1.82) is 0 Å². The van der Waals surface area contributed by atoms with E-state index in [0.29, 0.717) is 36.2 Å². The maximum absolute atomic E-state index is 13.0. The average Bonchev–Trinajstić information content (AvgIpc) is 3.35. The van der Waals surface area contributed by atoms with Crippen molar-refractivity contribution in [2.45, 2.75) is 71.9 Å². The number of nitrogens with zero attached hydrogens (tertiary/aromatic N) is 1. The van der Waals surface area contributed by atoms with E-state index in [-0.39, 0.29) is 42.0 Å². The van der Waals surface area contributed by atoms with Gasteiger partial charge in [-0.05, 0) is 57.7 Å². The van der Waals surface area contributed by atoms with Gasteiger partial charge in [-0.25, -0.2) is 9.59 Å². The van der Waals surface area contributed by atoms with Crippen molar-refractivity contribution in [3.63, 3.8) is 0 Å². The fraction of sp³-hybridized carbons (Fsp3) is 0.385. The number of hydrogen-bond donors (Lipinski definition) is 2. The standard InChI is InChI=1S/C39H42N2O8/c1-23(2)17-31(36-33(42)19-39(3,4)20-34(36)43)40-25-15-13-24(14-16-25)21-48-35(44)18-32(37(45)46)41-38(47)49-22-30-28-11-7-5-9-26(28)27-10-6-8-12-29(27)30/h5-16,23,30,32,36H,17-22H2,1-4H3,(H,41,47)(H,45,46)/t32-/m0/s1. The number of Topliss-reactive ketones (excluding diaryl/α,β-unsaturated/α-hetero) is 2. The first-order valence-electron chi connectivity index (χ1n) is 16.5. The lowest BCUT2D eigenvalue weighted by atomic mass is 9.69. The van der Waals surface area contributed by atoms with Gasteiger partial charge in [-0.2, -0.15) is 0 Å². The van der Waals surface area contributed by atoms with Crippen molar-refractivity contribution in [3.8, 4) is 11.1 Å². The van der Waals surface area contributed by atoms with Gasteiger partial charge in [-0.15, -0.1) is 0 Å². The number of hydrogen-bond acceptors (Lipinski definition) is 8. The molecular formula is C39H42N2O8. The van der Waals surface area contributed by atoms with Crippen LogP contribution in [0.5, 0.6) is 0 Å². The van der Waals surface area contributed by atoms with Gasteiger partial charge < -0.3 is 19.9 Å². The number of nitrogens with one attached hydrogen (secondary N) is 1. The normalized spacial score (nSPS) is 16.6. The van der Waals surface area contributed by atoms with Crippen molar-refractivity contribution >= 4 is 41.0 Å². The SMILES string of the molecule is CC(C)CC(=Nc1ccc(COC(=O)C[C@H](NC(=O)OCC2c3ccccc3-c3ccccc32)C(=O)O)cc1)C1C(=O)CC(C)(C)CC1=O. The van der Waals surface area contributed by atoms with Crippen LogP contribution in [0.15, 0.2) is 77.8 Å². The van der Waals surface area contributed by atoms with E-state index in [4.69, 9.17) is 14.5 Å². The summed E-state index contributed by atoms with van der Waals surface area (Å²) in [5, 5.41) is 11.9. The number of carbonyl (C=O) groups is 5. The number of carboxylic acid groups (broad SMARTS) is 1. The highest BCUT2D eigenvalue weighted by molar-refractivity contribution is 6.23. The van der Waals surface area contributed by atoms with Crippen molar-refractivity contribution < 1.29 is 38.6 Å². The number of amides is 1. The van der Waals surface area contributed by atoms with Crippen LogP contribution in [0.4, 0.5) is 10.5 Å². The van der Waals surface area contributed by atoms with Crippen LogP contribution < -0.4 is 5.32 Å². The molecule has 1 saturated carbocycles. The van der Waals surface area contributed by atoms with Crippen LogP contribution in [0.3, 0.4) is 0 Å². The van der Waals surface area contributed by atoms with E-state index in [1.807, 2.05) is 76.2 Å². The highest BCUT2D eigenvalue weighted by Gasteiger charge is 2.42. The number of carbonyl (C=O) groups excluding carboxylic acids is 4. The summed E-state index contributed by atoms with van der Waals surface area (Å²) in [5.74, 6) is -3.25. The predicted octanol–water partition coefficient (Wildman–Crippen LogP) is 6.80. The fourth-order valence-electron chi connectivity index (χ4n) is 6.61. The smallest absolute Gasteiger partial charge is 0.407 e. The van der Waals surface area contributed by atoms with E-state index in [1.165, 1.54) is 0 Å². The summed E-state index contributed by atoms with van der Waals surface area (Å²) < 4.78 is 10.7. The van der Waals surface area contributed by atoms with Crippen molar-refractivity contribution in [1.82, 2.24) is 5.32 Å². The first-order chi connectivity index (χ1) is 23.3. The van der Waals surface area contributed by atoms with E-state index >= 15 is 0 Å². The molecule has 0 aliphatic heterocycles. The average molecular weight is 667 g/mol. The Hall–Kier alpha value is -5.12. The molecule has 1 amide bonds. The van der Waals surface area contributed by atoms with E-state index in [2.05, 4.69) is 5.32 Å². The van der Waals surface area contributed by atoms with Gasteiger partial charge in [0.05, 0.1) is 12.1 Å². The minimum Gasteiger partial charge on any atom is -0.480 e. The van der Waals surface area contributed by atoms with Crippen molar-refractivity contribution in [3.05, 3.63) is 89.5 Å². The zero-order valence-electron chi connectivity index (χ0n) is 28.2. The molecule has 1 atom stereocenters. The van der Waals surface area contributed by atoms with Gasteiger partial charge in [-0.1, -0.05) is 88.4 Å². The number of alkyl carbamates (subject to hydrolysis) is 1. The van der Waals surface area contributed by atoms with Crippen molar-refractivity contribution in [2.75, 3.05) is 6.61 Å².